The maximum Gasteiger partial charge on any atom is 0.339 e. The molecule has 0 spiro atoms. The zero-order chi connectivity index (χ0) is 21.8. The van der Waals surface area contributed by atoms with Crippen LogP contribution in [0.2, 0.25) is 0 Å². The molecule has 1 N–H and O–H groups in total. The molecule has 0 radical (unpaired) electrons. The fourth-order valence-corrected chi connectivity index (χ4v) is 4.77. The Morgan fingerprint density at radius 3 is 2.36 bits per heavy atom. The van der Waals surface area contributed by atoms with Gasteiger partial charge in [-0.1, -0.05) is 56.3 Å². The van der Waals surface area contributed by atoms with Gasteiger partial charge in [-0.05, 0) is 55.1 Å². The summed E-state index contributed by atoms with van der Waals surface area (Å²) in [6.07, 6.45) is 6.26. The molecule has 1 unspecified atom stereocenters. The fourth-order valence-electron chi connectivity index (χ4n) is 4.77. The zero-order valence-corrected chi connectivity index (χ0v) is 21.3. The number of hydrogen-bond donors (Lipinski definition) is 1. The minimum atomic E-state index is -0.223. The second-order valence-corrected chi connectivity index (χ2v) is 9.37. The van der Waals surface area contributed by atoms with Crippen LogP contribution in [0.25, 0.3) is 11.6 Å². The average molecular weight is 492 g/mol. The first-order valence-corrected chi connectivity index (χ1v) is 11.5. The van der Waals surface area contributed by atoms with Crippen molar-refractivity contribution in [3.8, 4) is 0 Å². The molecular weight excluding hydrogens is 455 g/mol. The van der Waals surface area contributed by atoms with Gasteiger partial charge in [-0.3, -0.25) is 0 Å². The highest BCUT2D eigenvalue weighted by Gasteiger charge is 2.40. The van der Waals surface area contributed by atoms with Gasteiger partial charge in [-0.25, -0.2) is 4.79 Å². The molecule has 4 rings (SSSR count). The summed E-state index contributed by atoms with van der Waals surface area (Å²) in [5, 5.41) is 3.46. The van der Waals surface area contributed by atoms with E-state index in [1.807, 2.05) is 54.6 Å². The Morgan fingerprint density at radius 1 is 1.06 bits per heavy atom. The van der Waals surface area contributed by atoms with E-state index in [0.29, 0.717) is 23.6 Å². The Kier molecular flexibility index (Phi) is 10.3. The largest absolute Gasteiger partial charge is 0.459 e. The summed E-state index contributed by atoms with van der Waals surface area (Å²) in [6.45, 7) is 5.26. The van der Waals surface area contributed by atoms with Crippen molar-refractivity contribution in [2.24, 2.45) is 5.92 Å². The predicted octanol–water partition coefficient (Wildman–Crippen LogP) is 6.31. The number of esters is 1. The molecule has 2 aromatic carbocycles. The number of rotatable bonds is 7. The molecule has 33 heavy (non-hydrogen) atoms. The van der Waals surface area contributed by atoms with Gasteiger partial charge in [0.05, 0.1) is 5.57 Å². The molecular formula is C27H36Cl2N2O2. The van der Waals surface area contributed by atoms with Gasteiger partial charge in [0.1, 0.15) is 6.10 Å². The van der Waals surface area contributed by atoms with E-state index < -0.39 is 0 Å². The summed E-state index contributed by atoms with van der Waals surface area (Å²) in [5.74, 6) is 0.326. The van der Waals surface area contributed by atoms with Crippen LogP contribution in [0.5, 0.6) is 0 Å². The lowest BCUT2D eigenvalue weighted by Crippen LogP contribution is -2.43. The predicted molar refractivity (Wildman–Crippen MR) is 142 cm³/mol. The van der Waals surface area contributed by atoms with E-state index in [1.54, 1.807) is 0 Å². The van der Waals surface area contributed by atoms with Crippen LogP contribution in [0.3, 0.4) is 0 Å². The standard InChI is InChI=1S/C27H34N2O2.2ClH/c1-19(2)18-28-22-11-7-10-21(15-22)26(14-20-8-5-4-6-9-20)27(30)31-25-16-23-12-13-24(17-25)29(23)3;;/h4-11,14-15,19,23-25,28H,12-13,16-18H2,1-3H3;2*1H/b26-14+;;/t23-,24+,25?;;. The lowest BCUT2D eigenvalue weighted by molar-refractivity contribution is -0.144. The molecule has 0 amide bonds. The smallest absolute Gasteiger partial charge is 0.339 e. The number of nitrogens with zero attached hydrogens (tertiary/aromatic N) is 1. The van der Waals surface area contributed by atoms with Crippen molar-refractivity contribution in [2.75, 3.05) is 18.9 Å². The number of fused-ring (bicyclic) bond motifs is 2. The Labute approximate surface area is 210 Å². The molecule has 0 aliphatic carbocycles. The van der Waals surface area contributed by atoms with E-state index in [1.165, 1.54) is 12.8 Å². The number of carbonyl (C=O) groups is 1. The number of anilines is 1. The quantitative estimate of drug-likeness (QED) is 0.280. The number of benzene rings is 2. The maximum atomic E-state index is 13.4. The fraction of sp³-hybridized carbons (Fsp3) is 0.444. The Hall–Kier alpha value is -2.01. The van der Waals surface area contributed by atoms with Crippen LogP contribution in [-0.4, -0.2) is 42.6 Å². The average Bonchev–Trinajstić information content (AvgIpc) is 2.97. The molecule has 2 fully saturated rings. The molecule has 4 nitrogen and oxygen atoms in total. The third kappa shape index (κ3) is 6.99. The molecule has 3 atom stereocenters. The van der Waals surface area contributed by atoms with Crippen LogP contribution in [0.4, 0.5) is 5.69 Å². The lowest BCUT2D eigenvalue weighted by Gasteiger charge is -2.35. The molecule has 6 heteroatoms. The van der Waals surface area contributed by atoms with Crippen LogP contribution in [0, 0.1) is 5.92 Å². The monoisotopic (exact) mass is 490 g/mol. The van der Waals surface area contributed by atoms with Crippen molar-refractivity contribution in [3.63, 3.8) is 0 Å². The van der Waals surface area contributed by atoms with Gasteiger partial charge < -0.3 is 15.0 Å². The van der Waals surface area contributed by atoms with Crippen LogP contribution < -0.4 is 5.32 Å². The van der Waals surface area contributed by atoms with Gasteiger partial charge in [0.25, 0.3) is 0 Å². The first-order chi connectivity index (χ1) is 15.0. The van der Waals surface area contributed by atoms with E-state index in [0.717, 1.165) is 36.2 Å². The SMILES string of the molecule is CC(C)CNc1cccc(/C(=C\c2ccccc2)C(=O)OC2C[C@H]3CC[C@@H](C2)N3C)c1.Cl.Cl. The lowest BCUT2D eigenvalue weighted by atomic mass is 9.99. The second-order valence-electron chi connectivity index (χ2n) is 9.37. The molecule has 2 heterocycles. The Morgan fingerprint density at radius 2 is 1.73 bits per heavy atom. The highest BCUT2D eigenvalue weighted by atomic mass is 35.5. The van der Waals surface area contributed by atoms with E-state index in [4.69, 9.17) is 4.74 Å². The van der Waals surface area contributed by atoms with E-state index in [2.05, 4.69) is 37.2 Å². The number of hydrogen-bond acceptors (Lipinski definition) is 4. The van der Waals surface area contributed by atoms with Crippen molar-refractivity contribution in [2.45, 2.75) is 57.7 Å². The molecule has 2 saturated heterocycles. The van der Waals surface area contributed by atoms with Crippen LogP contribution >= 0.6 is 24.8 Å². The zero-order valence-electron chi connectivity index (χ0n) is 19.7. The second kappa shape index (κ2) is 12.5. The third-order valence-electron chi connectivity index (χ3n) is 6.55. The van der Waals surface area contributed by atoms with Gasteiger partial charge in [-0.2, -0.15) is 0 Å². The van der Waals surface area contributed by atoms with Gasteiger partial charge in [0.15, 0.2) is 0 Å². The number of carbonyl (C=O) groups excluding carboxylic acids is 1. The van der Waals surface area contributed by atoms with E-state index >= 15 is 0 Å². The summed E-state index contributed by atoms with van der Waals surface area (Å²) in [6, 6.07) is 19.2. The number of ether oxygens (including phenoxy) is 1. The van der Waals surface area contributed by atoms with Crippen LogP contribution in [0.15, 0.2) is 54.6 Å². The molecule has 2 aliphatic rings. The number of halogens is 2. The summed E-state index contributed by atoms with van der Waals surface area (Å²) < 4.78 is 6.09. The van der Waals surface area contributed by atoms with Crippen molar-refractivity contribution >= 4 is 48.1 Å². The van der Waals surface area contributed by atoms with Gasteiger partial charge in [0, 0.05) is 37.2 Å². The normalized spacial score (nSPS) is 22.3. The summed E-state index contributed by atoms with van der Waals surface area (Å²) in [7, 11) is 2.21. The van der Waals surface area contributed by atoms with Crippen LogP contribution in [-0.2, 0) is 9.53 Å². The highest BCUT2D eigenvalue weighted by molar-refractivity contribution is 6.21. The molecule has 0 aromatic heterocycles. The summed E-state index contributed by atoms with van der Waals surface area (Å²) >= 11 is 0. The van der Waals surface area contributed by atoms with Gasteiger partial charge in [-0.15, -0.1) is 24.8 Å². The molecule has 2 aliphatic heterocycles. The Balaban J connectivity index is 0.00000193. The minimum absolute atomic E-state index is 0. The Bertz CT molecular complexity index is 919. The van der Waals surface area contributed by atoms with Crippen molar-refractivity contribution in [1.82, 2.24) is 4.90 Å². The number of piperidine rings is 1. The van der Waals surface area contributed by atoms with Crippen molar-refractivity contribution < 1.29 is 9.53 Å². The van der Waals surface area contributed by atoms with Gasteiger partial charge in [0.2, 0.25) is 0 Å². The first kappa shape index (κ1) is 27.2. The molecule has 180 valence electrons. The summed E-state index contributed by atoms with van der Waals surface area (Å²) in [5.41, 5.74) is 3.53. The topological polar surface area (TPSA) is 41.6 Å². The minimum Gasteiger partial charge on any atom is -0.459 e. The number of nitrogens with one attached hydrogen (secondary N) is 1. The van der Waals surface area contributed by atoms with Gasteiger partial charge >= 0.3 is 5.97 Å². The maximum absolute atomic E-state index is 13.4. The first-order valence-electron chi connectivity index (χ1n) is 11.5. The highest BCUT2D eigenvalue weighted by Crippen LogP contribution is 2.36. The van der Waals surface area contributed by atoms with Crippen LogP contribution in [0.1, 0.15) is 50.7 Å². The molecule has 2 bridgehead atoms. The van der Waals surface area contributed by atoms with Crippen molar-refractivity contribution in [3.05, 3.63) is 65.7 Å². The molecule has 0 saturated carbocycles. The summed E-state index contributed by atoms with van der Waals surface area (Å²) in [4.78, 5) is 15.9. The van der Waals surface area contributed by atoms with Crippen molar-refractivity contribution in [1.29, 1.82) is 0 Å². The van der Waals surface area contributed by atoms with E-state index in [9.17, 15) is 4.79 Å². The molecule has 2 aromatic rings. The third-order valence-corrected chi connectivity index (χ3v) is 6.55. The van der Waals surface area contributed by atoms with E-state index in [-0.39, 0.29) is 36.9 Å².